The molecule has 11 rings (SSSR count). The van der Waals surface area contributed by atoms with Crippen molar-refractivity contribution >= 4 is 21.5 Å². The molecule has 0 atom stereocenters. The topological polar surface area (TPSA) is 35.0 Å². The normalized spacial score (nSPS) is 13.3. The third-order valence-electron chi connectivity index (χ3n) is 10.9. The molecule has 8 aromatic carbocycles. The Hall–Kier alpha value is -6.84. The lowest BCUT2D eigenvalue weighted by atomic mass is 9.65. The van der Waals surface area contributed by atoms with Crippen molar-refractivity contribution in [3.63, 3.8) is 0 Å². The number of hydrogen-bond donors (Lipinski definition) is 0. The monoisotopic (exact) mass is 662 g/mol. The summed E-state index contributed by atoms with van der Waals surface area (Å²) in [4.78, 5) is 10.5. The molecular formula is C49H30N2O. The van der Waals surface area contributed by atoms with Crippen molar-refractivity contribution in [1.82, 2.24) is 9.97 Å². The van der Waals surface area contributed by atoms with Gasteiger partial charge in [-0.05, 0) is 45.2 Å². The van der Waals surface area contributed by atoms with Gasteiger partial charge in [0.15, 0.2) is 5.82 Å². The van der Waals surface area contributed by atoms with Crippen LogP contribution in [0.4, 0.5) is 0 Å². The first-order valence-corrected chi connectivity index (χ1v) is 17.7. The molecule has 0 bridgehead atoms. The van der Waals surface area contributed by atoms with Gasteiger partial charge < -0.3 is 4.74 Å². The van der Waals surface area contributed by atoms with E-state index in [-0.39, 0.29) is 0 Å². The molecule has 3 nitrogen and oxygen atoms in total. The molecule has 52 heavy (non-hydrogen) atoms. The zero-order chi connectivity index (χ0) is 34.2. The van der Waals surface area contributed by atoms with Gasteiger partial charge in [0.05, 0.1) is 16.8 Å². The molecule has 0 fully saturated rings. The first-order chi connectivity index (χ1) is 25.8. The van der Waals surface area contributed by atoms with Gasteiger partial charge in [0.1, 0.15) is 11.5 Å². The second kappa shape index (κ2) is 11.1. The molecule has 2 aliphatic rings. The van der Waals surface area contributed by atoms with Crippen molar-refractivity contribution in [2.45, 2.75) is 5.41 Å². The lowest BCUT2D eigenvalue weighted by Crippen LogP contribution is -2.32. The Morgan fingerprint density at radius 2 is 0.923 bits per heavy atom. The Balaban J connectivity index is 1.29. The zero-order valence-corrected chi connectivity index (χ0v) is 28.1. The van der Waals surface area contributed by atoms with Crippen LogP contribution in [-0.2, 0) is 5.41 Å². The number of benzene rings is 8. The van der Waals surface area contributed by atoms with Gasteiger partial charge in [-0.2, -0.15) is 0 Å². The minimum atomic E-state index is -0.629. The Morgan fingerprint density at radius 1 is 0.365 bits per heavy atom. The van der Waals surface area contributed by atoms with Crippen LogP contribution in [0.15, 0.2) is 182 Å². The summed E-state index contributed by atoms with van der Waals surface area (Å²) < 4.78 is 7.27. The first-order valence-electron chi connectivity index (χ1n) is 17.7. The number of rotatable bonds is 3. The van der Waals surface area contributed by atoms with Gasteiger partial charge in [-0.3, -0.25) is 0 Å². The maximum absolute atomic E-state index is 7.27. The van der Waals surface area contributed by atoms with Gasteiger partial charge in [0.25, 0.3) is 0 Å². The van der Waals surface area contributed by atoms with Crippen molar-refractivity contribution in [3.8, 4) is 56.5 Å². The molecule has 3 heteroatoms. The van der Waals surface area contributed by atoms with E-state index in [0.717, 1.165) is 72.2 Å². The van der Waals surface area contributed by atoms with E-state index < -0.39 is 5.41 Å². The Labute approximate surface area is 301 Å². The van der Waals surface area contributed by atoms with Crippen LogP contribution in [0.2, 0.25) is 0 Å². The summed E-state index contributed by atoms with van der Waals surface area (Å²) in [6, 6.07) is 64.7. The summed E-state index contributed by atoms with van der Waals surface area (Å²) in [5, 5.41) is 4.39. The Morgan fingerprint density at radius 3 is 1.65 bits per heavy atom. The van der Waals surface area contributed by atoms with Gasteiger partial charge >= 0.3 is 0 Å². The van der Waals surface area contributed by atoms with E-state index in [1.165, 1.54) is 22.3 Å². The molecule has 2 heterocycles. The largest absolute Gasteiger partial charge is 0.455 e. The number of nitrogens with zero attached hydrogens (tertiary/aromatic N) is 2. The molecule has 1 aliphatic carbocycles. The fourth-order valence-electron chi connectivity index (χ4n) is 8.72. The molecular weight excluding hydrogens is 633 g/mol. The minimum absolute atomic E-state index is 0.629. The molecule has 1 aliphatic heterocycles. The van der Waals surface area contributed by atoms with Crippen LogP contribution in [0, 0.1) is 0 Å². The van der Waals surface area contributed by atoms with Crippen LogP contribution in [0.5, 0.6) is 11.5 Å². The van der Waals surface area contributed by atoms with E-state index in [1.807, 2.05) is 24.3 Å². The van der Waals surface area contributed by atoms with Crippen molar-refractivity contribution in [2.24, 2.45) is 0 Å². The van der Waals surface area contributed by atoms with Crippen molar-refractivity contribution in [3.05, 3.63) is 204 Å². The van der Waals surface area contributed by atoms with Crippen LogP contribution in [0.3, 0.4) is 0 Å². The number of hydrogen-bond acceptors (Lipinski definition) is 3. The molecule has 0 unspecified atom stereocenters. The van der Waals surface area contributed by atoms with Crippen LogP contribution in [-0.4, -0.2) is 9.97 Å². The van der Waals surface area contributed by atoms with E-state index >= 15 is 0 Å². The highest BCUT2D eigenvalue weighted by Crippen LogP contribution is 2.64. The highest BCUT2D eigenvalue weighted by molar-refractivity contribution is 6.05. The van der Waals surface area contributed by atoms with Crippen LogP contribution in [0.25, 0.3) is 66.6 Å². The summed E-state index contributed by atoms with van der Waals surface area (Å²) in [7, 11) is 0. The molecule has 0 saturated carbocycles. The fraction of sp³-hybridized carbons (Fsp3) is 0.0204. The molecule has 9 aromatic rings. The van der Waals surface area contributed by atoms with E-state index in [0.29, 0.717) is 5.82 Å². The SMILES string of the molecule is c1ccc(-c2cc(-c3cc4c(c5ccccc35)Oc3c(ccc5ccccc35)C43c4ccccc4-c4ccccc43)nc(-c3ccccc3)n2)cc1. The smallest absolute Gasteiger partial charge is 0.160 e. The van der Waals surface area contributed by atoms with Crippen molar-refractivity contribution in [2.75, 3.05) is 0 Å². The van der Waals surface area contributed by atoms with E-state index in [1.54, 1.807) is 0 Å². The summed E-state index contributed by atoms with van der Waals surface area (Å²) >= 11 is 0. The predicted octanol–water partition coefficient (Wildman–Crippen LogP) is 12.3. The molecule has 242 valence electrons. The van der Waals surface area contributed by atoms with Crippen LogP contribution in [0.1, 0.15) is 22.3 Å². The van der Waals surface area contributed by atoms with Crippen LogP contribution < -0.4 is 4.74 Å². The zero-order valence-electron chi connectivity index (χ0n) is 28.1. The van der Waals surface area contributed by atoms with E-state index in [4.69, 9.17) is 14.7 Å². The molecule has 1 spiro atoms. The maximum atomic E-state index is 7.27. The number of fused-ring (bicyclic) bond motifs is 13. The quantitative estimate of drug-likeness (QED) is 0.189. The van der Waals surface area contributed by atoms with Gasteiger partial charge in [0, 0.05) is 38.6 Å². The molecule has 0 N–H and O–H groups in total. The summed E-state index contributed by atoms with van der Waals surface area (Å²) in [5.74, 6) is 2.49. The van der Waals surface area contributed by atoms with Gasteiger partial charge in [-0.25, -0.2) is 9.97 Å². The maximum Gasteiger partial charge on any atom is 0.160 e. The second-order valence-electron chi connectivity index (χ2n) is 13.6. The lowest BCUT2D eigenvalue weighted by Gasteiger charge is -2.40. The van der Waals surface area contributed by atoms with Crippen LogP contribution >= 0.6 is 0 Å². The summed E-state index contributed by atoms with van der Waals surface area (Å²) in [6.07, 6.45) is 0. The molecule has 1 aromatic heterocycles. The standard InChI is InChI=1S/C49H30N2O/c1-3-16-32(17-4-1)44-30-45(51-48(50-44)33-18-5-2-6-19-33)39-29-43-47(38-24-10-9-21-35(38)39)52-46-34-20-8-7-15-31(34)27-28-42(46)49(43)40-25-13-11-22-36(40)37-23-12-14-26-41(37)49/h1-30H. The highest BCUT2D eigenvalue weighted by atomic mass is 16.5. The van der Waals surface area contributed by atoms with Crippen molar-refractivity contribution in [1.29, 1.82) is 0 Å². The first kappa shape index (κ1) is 28.9. The third-order valence-corrected chi connectivity index (χ3v) is 10.9. The number of aromatic nitrogens is 2. The average molecular weight is 663 g/mol. The van der Waals surface area contributed by atoms with Gasteiger partial charge in [0.2, 0.25) is 0 Å². The molecule has 0 saturated heterocycles. The third kappa shape index (κ3) is 4.02. The van der Waals surface area contributed by atoms with Gasteiger partial charge in [-0.1, -0.05) is 170 Å². The highest BCUT2D eigenvalue weighted by Gasteiger charge is 2.52. The van der Waals surface area contributed by atoms with E-state index in [9.17, 15) is 0 Å². The molecule has 0 radical (unpaired) electrons. The summed E-state index contributed by atoms with van der Waals surface area (Å²) in [6.45, 7) is 0. The van der Waals surface area contributed by atoms with Gasteiger partial charge in [-0.15, -0.1) is 0 Å². The van der Waals surface area contributed by atoms with Crippen molar-refractivity contribution < 1.29 is 4.74 Å². The summed E-state index contributed by atoms with van der Waals surface area (Å²) in [5.41, 5.74) is 11.5. The second-order valence-corrected chi connectivity index (χ2v) is 13.6. The fourth-order valence-corrected chi connectivity index (χ4v) is 8.72. The lowest BCUT2D eigenvalue weighted by molar-refractivity contribution is 0.447. The predicted molar refractivity (Wildman–Crippen MR) is 211 cm³/mol. The average Bonchev–Trinajstić information content (AvgIpc) is 3.51. The minimum Gasteiger partial charge on any atom is -0.455 e. The number of ether oxygens (including phenoxy) is 1. The van der Waals surface area contributed by atoms with E-state index in [2.05, 4.69) is 158 Å². The molecule has 0 amide bonds. The Kier molecular flexibility index (Phi) is 6.17. The Bertz CT molecular complexity index is 2780.